The molecule has 0 saturated carbocycles. The summed E-state index contributed by atoms with van der Waals surface area (Å²) in [5.74, 6) is 0.836. The summed E-state index contributed by atoms with van der Waals surface area (Å²) in [5.41, 5.74) is 1.78. The minimum Gasteiger partial charge on any atom is -0.463 e. The second-order valence-corrected chi connectivity index (χ2v) is 2.66. The van der Waals surface area contributed by atoms with Crippen LogP contribution in [0.15, 0.2) is 28.5 Å². The Morgan fingerprint density at radius 3 is 3.20 bits per heavy atom. The highest BCUT2D eigenvalue weighted by atomic mass is 32.1. The summed E-state index contributed by atoms with van der Waals surface area (Å²) >= 11 is 1.56. The molecule has 49 valence electrons. The first-order chi connectivity index (χ1) is 4.97. The normalized spacial score (nSPS) is 10.0. The largest absolute Gasteiger partial charge is 0.463 e. The maximum Gasteiger partial charge on any atom is 0.146 e. The van der Waals surface area contributed by atoms with E-state index in [1.54, 1.807) is 29.1 Å². The van der Waals surface area contributed by atoms with Gasteiger partial charge in [-0.2, -0.15) is 0 Å². The van der Waals surface area contributed by atoms with Gasteiger partial charge in [0.1, 0.15) is 5.76 Å². The first-order valence-electron chi connectivity index (χ1n) is 2.80. The zero-order valence-corrected chi connectivity index (χ0v) is 5.89. The number of thiazole rings is 1. The fourth-order valence-corrected chi connectivity index (χ4v) is 1.29. The molecule has 0 aliphatic heterocycles. The van der Waals surface area contributed by atoms with E-state index in [2.05, 4.69) is 11.1 Å². The fourth-order valence-electron chi connectivity index (χ4n) is 0.708. The van der Waals surface area contributed by atoms with Gasteiger partial charge in [0.15, 0.2) is 0 Å². The highest BCUT2D eigenvalue weighted by molar-refractivity contribution is 7.13. The summed E-state index contributed by atoms with van der Waals surface area (Å²) in [7, 11) is 0. The van der Waals surface area contributed by atoms with Gasteiger partial charge in [0.05, 0.1) is 16.7 Å². The van der Waals surface area contributed by atoms with Crippen molar-refractivity contribution in [3.05, 3.63) is 30.1 Å². The van der Waals surface area contributed by atoms with Crippen LogP contribution in [-0.4, -0.2) is 4.98 Å². The zero-order chi connectivity index (χ0) is 6.81. The van der Waals surface area contributed by atoms with Crippen LogP contribution >= 0.6 is 11.3 Å². The molecule has 0 aliphatic rings. The Bertz CT molecular complexity index is 253. The Labute approximate surface area is 62.1 Å². The molecule has 0 aliphatic carbocycles. The van der Waals surface area contributed by atoms with Crippen LogP contribution in [0.2, 0.25) is 0 Å². The summed E-state index contributed by atoms with van der Waals surface area (Å²) in [4.78, 5) is 4.97. The maximum absolute atomic E-state index is 5.09. The predicted molar refractivity (Wildman–Crippen MR) is 38.7 cm³/mol. The van der Waals surface area contributed by atoms with Gasteiger partial charge in [0, 0.05) is 12.3 Å². The van der Waals surface area contributed by atoms with Crippen LogP contribution in [0.4, 0.5) is 0 Å². The Morgan fingerprint density at radius 2 is 2.60 bits per heavy atom. The molecule has 3 heteroatoms. The fraction of sp³-hybridized carbons (Fsp3) is 0. The van der Waals surface area contributed by atoms with Crippen molar-refractivity contribution in [3.63, 3.8) is 0 Å². The van der Waals surface area contributed by atoms with Crippen LogP contribution in [-0.2, 0) is 0 Å². The van der Waals surface area contributed by atoms with E-state index in [0.29, 0.717) is 0 Å². The van der Waals surface area contributed by atoms with Gasteiger partial charge in [0.2, 0.25) is 0 Å². The first-order valence-corrected chi connectivity index (χ1v) is 3.68. The van der Waals surface area contributed by atoms with Crippen LogP contribution < -0.4 is 0 Å². The molecule has 0 saturated heterocycles. The summed E-state index contributed by atoms with van der Waals surface area (Å²) in [5, 5.41) is 0. The average Bonchev–Trinajstić information content (AvgIpc) is 2.59. The average molecular weight is 150 g/mol. The second kappa shape index (κ2) is 2.27. The summed E-state index contributed by atoms with van der Waals surface area (Å²) in [6, 6.07) is 4.63. The zero-order valence-electron chi connectivity index (χ0n) is 5.07. The number of furan rings is 1. The summed E-state index contributed by atoms with van der Waals surface area (Å²) in [6.07, 6.45) is 3.31. The molecular weight excluding hydrogens is 146 g/mol. The third-order valence-electron chi connectivity index (χ3n) is 1.14. The summed E-state index contributed by atoms with van der Waals surface area (Å²) < 4.78 is 5.09. The van der Waals surface area contributed by atoms with Crippen LogP contribution in [0.25, 0.3) is 10.6 Å². The summed E-state index contributed by atoms with van der Waals surface area (Å²) in [6.45, 7) is 0. The molecule has 0 atom stereocenters. The third kappa shape index (κ3) is 0.844. The van der Waals surface area contributed by atoms with Gasteiger partial charge >= 0.3 is 0 Å². The van der Waals surface area contributed by atoms with E-state index >= 15 is 0 Å². The number of hydrogen-bond donors (Lipinski definition) is 0. The van der Waals surface area contributed by atoms with Crippen molar-refractivity contribution in [1.82, 2.24) is 4.98 Å². The van der Waals surface area contributed by atoms with Crippen molar-refractivity contribution < 1.29 is 4.42 Å². The van der Waals surface area contributed by atoms with Crippen molar-refractivity contribution in [2.75, 3.05) is 0 Å². The van der Waals surface area contributed by atoms with E-state index in [4.69, 9.17) is 4.42 Å². The van der Waals surface area contributed by atoms with Crippen LogP contribution in [0.5, 0.6) is 0 Å². The Kier molecular flexibility index (Phi) is 1.29. The van der Waals surface area contributed by atoms with Crippen molar-refractivity contribution in [3.8, 4) is 10.6 Å². The minimum absolute atomic E-state index is 0.836. The van der Waals surface area contributed by atoms with Crippen molar-refractivity contribution in [2.24, 2.45) is 0 Å². The van der Waals surface area contributed by atoms with Gasteiger partial charge in [-0.1, -0.05) is 0 Å². The standard InChI is InChI=1S/C7H4NOS/c1-2-6(9-3-1)7-4-8-5-10-7/h2-5H. The van der Waals surface area contributed by atoms with Crippen molar-refractivity contribution in [1.29, 1.82) is 0 Å². The van der Waals surface area contributed by atoms with E-state index in [9.17, 15) is 0 Å². The molecule has 2 rings (SSSR count). The molecule has 0 amide bonds. The van der Waals surface area contributed by atoms with Gasteiger partial charge in [0.25, 0.3) is 0 Å². The highest BCUT2D eigenvalue weighted by Gasteiger charge is 1.99. The number of rotatable bonds is 1. The topological polar surface area (TPSA) is 26.0 Å². The number of hydrogen-bond acceptors (Lipinski definition) is 3. The van der Waals surface area contributed by atoms with E-state index in [1.165, 1.54) is 6.26 Å². The van der Waals surface area contributed by atoms with Gasteiger partial charge in [-0.3, -0.25) is 4.98 Å². The lowest BCUT2D eigenvalue weighted by Gasteiger charge is -1.83. The molecule has 2 aromatic rings. The van der Waals surface area contributed by atoms with Crippen LogP contribution in [0.3, 0.4) is 0 Å². The molecule has 0 bridgehead atoms. The Morgan fingerprint density at radius 1 is 1.60 bits per heavy atom. The monoisotopic (exact) mass is 150 g/mol. The Hall–Kier alpha value is -1.09. The molecule has 2 aromatic heterocycles. The lowest BCUT2D eigenvalue weighted by atomic mass is 10.4. The van der Waals surface area contributed by atoms with Gasteiger partial charge in [-0.25, -0.2) is 0 Å². The van der Waals surface area contributed by atoms with E-state index in [0.717, 1.165) is 10.6 Å². The lowest BCUT2D eigenvalue weighted by molar-refractivity contribution is 0.583. The quantitative estimate of drug-likeness (QED) is 0.622. The van der Waals surface area contributed by atoms with Crippen molar-refractivity contribution >= 4 is 11.3 Å². The molecule has 2 nitrogen and oxygen atoms in total. The highest BCUT2D eigenvalue weighted by Crippen LogP contribution is 2.22. The molecule has 0 spiro atoms. The van der Waals surface area contributed by atoms with Crippen molar-refractivity contribution in [2.45, 2.75) is 0 Å². The third-order valence-corrected chi connectivity index (χ3v) is 1.93. The minimum atomic E-state index is 0.836. The molecule has 10 heavy (non-hydrogen) atoms. The van der Waals surface area contributed by atoms with Gasteiger partial charge < -0.3 is 4.42 Å². The number of nitrogens with zero attached hydrogens (tertiary/aromatic N) is 1. The number of aromatic nitrogens is 1. The van der Waals surface area contributed by atoms with Crippen LogP contribution in [0, 0.1) is 6.07 Å². The predicted octanol–water partition coefficient (Wildman–Crippen LogP) is 2.20. The molecule has 0 unspecified atom stereocenters. The molecular formula is C7H4NOS. The van der Waals surface area contributed by atoms with E-state index in [-0.39, 0.29) is 0 Å². The van der Waals surface area contributed by atoms with Crippen LogP contribution in [0.1, 0.15) is 0 Å². The molecule has 0 N–H and O–H groups in total. The van der Waals surface area contributed by atoms with Gasteiger partial charge in [-0.15, -0.1) is 11.3 Å². The van der Waals surface area contributed by atoms with E-state index in [1.807, 2.05) is 0 Å². The second-order valence-electron chi connectivity index (χ2n) is 1.78. The molecule has 0 fully saturated rings. The SMILES string of the molecule is [c]1coc(-c2cncs2)c1. The molecule has 0 aromatic carbocycles. The first kappa shape index (κ1) is 5.68. The smallest absolute Gasteiger partial charge is 0.146 e. The molecule has 2 heterocycles. The molecule has 1 radical (unpaired) electrons. The Balaban J connectivity index is 2.48. The maximum atomic E-state index is 5.09. The van der Waals surface area contributed by atoms with E-state index < -0.39 is 0 Å². The van der Waals surface area contributed by atoms with Gasteiger partial charge in [-0.05, 0) is 6.07 Å². The lowest BCUT2D eigenvalue weighted by Crippen LogP contribution is -1.60.